The minimum atomic E-state index is 1.24. The summed E-state index contributed by atoms with van der Waals surface area (Å²) in [5.74, 6) is 0. The number of hydrogen-bond acceptors (Lipinski definition) is 0. The van der Waals surface area contributed by atoms with Crippen molar-refractivity contribution in [3.05, 3.63) is 90.8 Å². The molecule has 22 heavy (non-hydrogen) atoms. The van der Waals surface area contributed by atoms with Crippen molar-refractivity contribution < 1.29 is 0 Å². The molecular formula is C21H17N. The summed E-state index contributed by atoms with van der Waals surface area (Å²) in [7, 11) is 0. The van der Waals surface area contributed by atoms with E-state index in [1.54, 1.807) is 0 Å². The second kappa shape index (κ2) is 5.19. The van der Waals surface area contributed by atoms with Gasteiger partial charge in [0, 0.05) is 23.5 Å². The molecule has 2 aromatic heterocycles. The first-order valence-corrected chi connectivity index (χ1v) is 7.54. The number of aryl methyl sites for hydroxylation is 1. The molecule has 0 aliphatic rings. The van der Waals surface area contributed by atoms with Crippen LogP contribution in [0.1, 0.15) is 5.56 Å². The van der Waals surface area contributed by atoms with Gasteiger partial charge in [-0.05, 0) is 47.4 Å². The van der Waals surface area contributed by atoms with Gasteiger partial charge >= 0.3 is 0 Å². The molecule has 4 rings (SSSR count). The van der Waals surface area contributed by atoms with Crippen molar-refractivity contribution in [2.24, 2.45) is 0 Å². The van der Waals surface area contributed by atoms with Gasteiger partial charge in [0.05, 0.1) is 0 Å². The largest absolute Gasteiger partial charge is 0.323 e. The van der Waals surface area contributed by atoms with Crippen molar-refractivity contribution in [1.29, 1.82) is 0 Å². The Bertz CT molecular complexity index is 915. The Labute approximate surface area is 130 Å². The summed E-state index contributed by atoms with van der Waals surface area (Å²) < 4.78 is 2.17. The van der Waals surface area contributed by atoms with E-state index >= 15 is 0 Å². The van der Waals surface area contributed by atoms with Gasteiger partial charge in [-0.1, -0.05) is 54.6 Å². The molecule has 0 atom stereocenters. The molecule has 1 nitrogen and oxygen atoms in total. The fourth-order valence-electron chi connectivity index (χ4n) is 2.86. The number of fused-ring (bicyclic) bond motifs is 1. The highest BCUT2D eigenvalue weighted by atomic mass is 14.8. The lowest BCUT2D eigenvalue weighted by atomic mass is 10.0. The molecule has 0 fully saturated rings. The first kappa shape index (κ1) is 12.9. The van der Waals surface area contributed by atoms with Gasteiger partial charge in [-0.2, -0.15) is 0 Å². The smallest absolute Gasteiger partial charge is 0.0458 e. The summed E-state index contributed by atoms with van der Waals surface area (Å²) in [4.78, 5) is 0. The van der Waals surface area contributed by atoms with E-state index in [0.29, 0.717) is 0 Å². The van der Waals surface area contributed by atoms with Crippen molar-refractivity contribution in [3.8, 4) is 22.3 Å². The molecule has 0 spiro atoms. The van der Waals surface area contributed by atoms with E-state index in [4.69, 9.17) is 0 Å². The molecule has 106 valence electrons. The lowest BCUT2D eigenvalue weighted by molar-refractivity contribution is 1.18. The third-order valence-corrected chi connectivity index (χ3v) is 4.08. The Morgan fingerprint density at radius 2 is 1.27 bits per heavy atom. The lowest BCUT2D eigenvalue weighted by Crippen LogP contribution is -1.80. The SMILES string of the molecule is Cc1ccn2cc(-c3ccc(-c4ccccc4)cc3)cc2c1. The molecule has 0 N–H and O–H groups in total. The van der Waals surface area contributed by atoms with E-state index in [9.17, 15) is 0 Å². The first-order valence-electron chi connectivity index (χ1n) is 7.54. The van der Waals surface area contributed by atoms with Crippen LogP contribution in [-0.4, -0.2) is 4.40 Å². The first-order chi connectivity index (χ1) is 10.8. The second-order valence-corrected chi connectivity index (χ2v) is 5.71. The molecule has 2 aromatic carbocycles. The Balaban J connectivity index is 1.73. The molecule has 4 aromatic rings. The van der Waals surface area contributed by atoms with Crippen molar-refractivity contribution in [2.45, 2.75) is 6.92 Å². The third kappa shape index (κ3) is 2.31. The van der Waals surface area contributed by atoms with Crippen LogP contribution < -0.4 is 0 Å². The molecule has 0 saturated heterocycles. The average molecular weight is 283 g/mol. The Morgan fingerprint density at radius 3 is 2.00 bits per heavy atom. The number of aromatic nitrogens is 1. The summed E-state index contributed by atoms with van der Waals surface area (Å²) >= 11 is 0. The summed E-state index contributed by atoms with van der Waals surface area (Å²) in [5.41, 5.74) is 7.54. The van der Waals surface area contributed by atoms with Gasteiger partial charge in [0.25, 0.3) is 0 Å². The third-order valence-electron chi connectivity index (χ3n) is 4.08. The van der Waals surface area contributed by atoms with Crippen molar-refractivity contribution in [1.82, 2.24) is 4.40 Å². The molecule has 0 unspecified atom stereocenters. The molecule has 0 amide bonds. The highest BCUT2D eigenvalue weighted by Crippen LogP contribution is 2.26. The lowest BCUT2D eigenvalue weighted by Gasteiger charge is -2.03. The van der Waals surface area contributed by atoms with Gasteiger partial charge in [-0.25, -0.2) is 0 Å². The zero-order chi connectivity index (χ0) is 14.9. The summed E-state index contributed by atoms with van der Waals surface area (Å²) in [5, 5.41) is 0. The predicted molar refractivity (Wildman–Crippen MR) is 93.0 cm³/mol. The van der Waals surface area contributed by atoms with Crippen LogP contribution in [-0.2, 0) is 0 Å². The second-order valence-electron chi connectivity index (χ2n) is 5.71. The summed E-state index contributed by atoms with van der Waals surface area (Å²) in [6.07, 6.45) is 4.30. The highest BCUT2D eigenvalue weighted by molar-refractivity contribution is 5.73. The van der Waals surface area contributed by atoms with Gasteiger partial charge in [0.15, 0.2) is 0 Å². The maximum atomic E-state index is 2.24. The van der Waals surface area contributed by atoms with Crippen LogP contribution in [0.5, 0.6) is 0 Å². The summed E-state index contributed by atoms with van der Waals surface area (Å²) in [6, 6.07) is 25.9. The number of hydrogen-bond donors (Lipinski definition) is 0. The van der Waals surface area contributed by atoms with E-state index in [0.717, 1.165) is 0 Å². The number of rotatable bonds is 2. The van der Waals surface area contributed by atoms with E-state index in [1.807, 2.05) is 6.07 Å². The van der Waals surface area contributed by atoms with Gasteiger partial charge < -0.3 is 4.40 Å². The van der Waals surface area contributed by atoms with Crippen LogP contribution >= 0.6 is 0 Å². The molecule has 0 aliphatic heterocycles. The van der Waals surface area contributed by atoms with Crippen LogP contribution in [0.4, 0.5) is 0 Å². The zero-order valence-corrected chi connectivity index (χ0v) is 12.5. The number of nitrogens with zero attached hydrogens (tertiary/aromatic N) is 1. The molecular weight excluding hydrogens is 266 g/mol. The highest BCUT2D eigenvalue weighted by Gasteiger charge is 2.03. The van der Waals surface area contributed by atoms with E-state index in [2.05, 4.69) is 90.4 Å². The Morgan fingerprint density at radius 1 is 0.636 bits per heavy atom. The molecule has 0 bridgehead atoms. The normalized spacial score (nSPS) is 11.0. The van der Waals surface area contributed by atoms with Crippen LogP contribution in [0, 0.1) is 6.92 Å². The topological polar surface area (TPSA) is 4.41 Å². The van der Waals surface area contributed by atoms with Crippen molar-refractivity contribution in [2.75, 3.05) is 0 Å². The van der Waals surface area contributed by atoms with Gasteiger partial charge in [-0.15, -0.1) is 0 Å². The molecule has 2 heterocycles. The van der Waals surface area contributed by atoms with Crippen molar-refractivity contribution in [3.63, 3.8) is 0 Å². The molecule has 0 radical (unpaired) electrons. The van der Waals surface area contributed by atoms with Crippen LogP contribution in [0.3, 0.4) is 0 Å². The molecule has 0 aliphatic carbocycles. The number of pyridine rings is 1. The summed E-state index contributed by atoms with van der Waals surface area (Å²) in [6.45, 7) is 2.13. The Kier molecular flexibility index (Phi) is 3.05. The monoisotopic (exact) mass is 283 g/mol. The van der Waals surface area contributed by atoms with Crippen LogP contribution in [0.2, 0.25) is 0 Å². The van der Waals surface area contributed by atoms with Gasteiger partial charge in [-0.3, -0.25) is 0 Å². The minimum Gasteiger partial charge on any atom is -0.323 e. The average Bonchev–Trinajstić information content (AvgIpc) is 2.99. The molecule has 0 saturated carbocycles. The van der Waals surface area contributed by atoms with E-state index in [1.165, 1.54) is 33.3 Å². The fourth-order valence-corrected chi connectivity index (χ4v) is 2.86. The standard InChI is InChI=1S/C21H17N/c1-16-11-12-22-15-20(14-21(22)13-16)19-9-7-18(8-10-19)17-5-3-2-4-6-17/h2-15H,1H3. The maximum absolute atomic E-state index is 2.24. The Hall–Kier alpha value is -2.80. The van der Waals surface area contributed by atoms with Crippen molar-refractivity contribution >= 4 is 5.52 Å². The van der Waals surface area contributed by atoms with Gasteiger partial charge in [0.1, 0.15) is 0 Å². The van der Waals surface area contributed by atoms with Crippen LogP contribution in [0.15, 0.2) is 85.2 Å². The number of benzene rings is 2. The predicted octanol–water partition coefficient (Wildman–Crippen LogP) is 5.58. The fraction of sp³-hybridized carbons (Fsp3) is 0.0476. The molecule has 1 heteroatoms. The quantitative estimate of drug-likeness (QED) is 0.452. The van der Waals surface area contributed by atoms with Gasteiger partial charge in [0.2, 0.25) is 0 Å². The maximum Gasteiger partial charge on any atom is 0.0458 e. The van der Waals surface area contributed by atoms with E-state index < -0.39 is 0 Å². The van der Waals surface area contributed by atoms with E-state index in [-0.39, 0.29) is 0 Å². The van der Waals surface area contributed by atoms with Crippen LogP contribution in [0.25, 0.3) is 27.8 Å². The zero-order valence-electron chi connectivity index (χ0n) is 12.5. The minimum absolute atomic E-state index is 1.24.